The number of hydrogen-bond acceptors (Lipinski definition) is 5. The molecule has 0 bridgehead atoms. The Kier molecular flexibility index (Phi) is 6.60. The number of hydrogen-bond donors (Lipinski definition) is 2. The molecule has 0 unspecified atom stereocenters. The molecule has 0 spiro atoms. The Bertz CT molecular complexity index is 1060. The molecule has 0 saturated heterocycles. The van der Waals surface area contributed by atoms with Gasteiger partial charge in [-0.3, -0.25) is 0 Å². The zero-order valence-corrected chi connectivity index (χ0v) is 19.5. The zero-order valence-electron chi connectivity index (χ0n) is 19.5. The summed E-state index contributed by atoms with van der Waals surface area (Å²) in [7, 11) is 1.62. The molecule has 0 radical (unpaired) electrons. The highest BCUT2D eigenvalue weighted by Crippen LogP contribution is 2.29. The molecule has 7 nitrogen and oxygen atoms in total. The monoisotopic (exact) mass is 437 g/mol. The van der Waals surface area contributed by atoms with Crippen LogP contribution in [0.4, 0.5) is 4.79 Å². The Hall–Kier alpha value is -3.32. The Morgan fingerprint density at radius 1 is 1.03 bits per heavy atom. The van der Waals surface area contributed by atoms with Gasteiger partial charge in [0.2, 0.25) is 0 Å². The third-order valence-corrected chi connectivity index (χ3v) is 4.74. The van der Waals surface area contributed by atoms with Crippen molar-refractivity contribution in [3.63, 3.8) is 0 Å². The molecule has 1 heterocycles. The fourth-order valence-corrected chi connectivity index (χ4v) is 3.09. The van der Waals surface area contributed by atoms with Gasteiger partial charge < -0.3 is 19.9 Å². The molecule has 170 valence electrons. The molecule has 2 aromatic carbocycles. The van der Waals surface area contributed by atoms with Gasteiger partial charge >= 0.3 is 6.09 Å². The van der Waals surface area contributed by atoms with Crippen molar-refractivity contribution in [3.05, 3.63) is 65.9 Å². The van der Waals surface area contributed by atoms with Gasteiger partial charge in [0.25, 0.3) is 0 Å². The van der Waals surface area contributed by atoms with Crippen LogP contribution < -0.4 is 10.1 Å². The quantitative estimate of drug-likeness (QED) is 0.579. The molecule has 0 saturated carbocycles. The van der Waals surface area contributed by atoms with E-state index in [1.165, 1.54) is 0 Å². The molecule has 7 heteroatoms. The summed E-state index contributed by atoms with van der Waals surface area (Å²) < 4.78 is 12.3. The molecular formula is C25H31N3O4. The van der Waals surface area contributed by atoms with Crippen LogP contribution in [-0.2, 0) is 16.9 Å². The van der Waals surface area contributed by atoms with Crippen LogP contribution in [0.25, 0.3) is 16.9 Å². The van der Waals surface area contributed by atoms with Gasteiger partial charge in [-0.25, -0.2) is 9.48 Å². The Morgan fingerprint density at radius 3 is 2.19 bits per heavy atom. The second-order valence-electron chi connectivity index (χ2n) is 9.14. The molecule has 0 atom stereocenters. The molecule has 2 N–H and O–H groups in total. The topological polar surface area (TPSA) is 85.6 Å². The van der Waals surface area contributed by atoms with E-state index in [4.69, 9.17) is 9.47 Å². The van der Waals surface area contributed by atoms with Gasteiger partial charge in [-0.1, -0.05) is 24.3 Å². The van der Waals surface area contributed by atoms with Crippen molar-refractivity contribution < 1.29 is 19.4 Å². The van der Waals surface area contributed by atoms with Crippen molar-refractivity contribution in [2.45, 2.75) is 52.4 Å². The maximum atomic E-state index is 11.9. The summed E-state index contributed by atoms with van der Waals surface area (Å²) in [5, 5.41) is 17.9. The van der Waals surface area contributed by atoms with Gasteiger partial charge in [0, 0.05) is 12.1 Å². The van der Waals surface area contributed by atoms with Crippen LogP contribution in [0.1, 0.15) is 45.9 Å². The number of carbonyl (C=O) groups excluding carboxylic acids is 1. The number of aromatic nitrogens is 2. The lowest BCUT2D eigenvalue weighted by atomic mass is 10.0. The lowest BCUT2D eigenvalue weighted by Crippen LogP contribution is -2.32. The smallest absolute Gasteiger partial charge is 0.407 e. The SMILES string of the molecule is COc1ccc(-n2nc(C(C)(C)O)cc2-c2ccc(CNC(=O)OC(C)(C)C)cc2)cc1. The van der Waals surface area contributed by atoms with E-state index < -0.39 is 17.3 Å². The van der Waals surface area contributed by atoms with Crippen molar-refractivity contribution in [2.75, 3.05) is 7.11 Å². The largest absolute Gasteiger partial charge is 0.497 e. The highest BCUT2D eigenvalue weighted by atomic mass is 16.6. The summed E-state index contributed by atoms with van der Waals surface area (Å²) in [5.41, 5.74) is 2.53. The summed E-state index contributed by atoms with van der Waals surface area (Å²) in [6, 6.07) is 17.3. The van der Waals surface area contributed by atoms with Crippen LogP contribution >= 0.6 is 0 Å². The van der Waals surface area contributed by atoms with Crippen molar-refractivity contribution >= 4 is 6.09 Å². The molecule has 3 rings (SSSR count). The van der Waals surface area contributed by atoms with Crippen LogP contribution in [0.2, 0.25) is 0 Å². The molecule has 1 aromatic heterocycles. The minimum atomic E-state index is -1.08. The molecular weight excluding hydrogens is 406 g/mol. The number of carbonyl (C=O) groups is 1. The van der Waals surface area contributed by atoms with E-state index in [2.05, 4.69) is 10.4 Å². The van der Waals surface area contributed by atoms with Crippen LogP contribution in [0, 0.1) is 0 Å². The number of rotatable bonds is 6. The first-order valence-corrected chi connectivity index (χ1v) is 10.5. The first kappa shape index (κ1) is 23.3. The predicted molar refractivity (Wildman–Crippen MR) is 124 cm³/mol. The first-order chi connectivity index (χ1) is 15.0. The highest BCUT2D eigenvalue weighted by Gasteiger charge is 2.23. The first-order valence-electron chi connectivity index (χ1n) is 10.5. The predicted octanol–water partition coefficient (Wildman–Crippen LogP) is 4.80. The highest BCUT2D eigenvalue weighted by molar-refractivity contribution is 5.68. The van der Waals surface area contributed by atoms with Crippen molar-refractivity contribution in [2.24, 2.45) is 0 Å². The number of aliphatic hydroxyl groups is 1. The van der Waals surface area contributed by atoms with E-state index >= 15 is 0 Å². The summed E-state index contributed by atoms with van der Waals surface area (Å²) in [4.78, 5) is 11.9. The van der Waals surface area contributed by atoms with Gasteiger partial charge in [0.15, 0.2) is 0 Å². The molecule has 0 fully saturated rings. The number of ether oxygens (including phenoxy) is 2. The maximum absolute atomic E-state index is 11.9. The van der Waals surface area contributed by atoms with Crippen molar-refractivity contribution in [1.29, 1.82) is 0 Å². The van der Waals surface area contributed by atoms with Crippen molar-refractivity contribution in [1.82, 2.24) is 15.1 Å². The fourth-order valence-electron chi connectivity index (χ4n) is 3.09. The van der Waals surface area contributed by atoms with Crippen LogP contribution in [0.5, 0.6) is 5.75 Å². The second-order valence-corrected chi connectivity index (χ2v) is 9.14. The minimum absolute atomic E-state index is 0.363. The van der Waals surface area contributed by atoms with E-state index in [9.17, 15) is 9.90 Å². The summed E-state index contributed by atoms with van der Waals surface area (Å²) in [5.74, 6) is 0.756. The number of nitrogens with one attached hydrogen (secondary N) is 1. The van der Waals surface area contributed by atoms with E-state index in [0.717, 1.165) is 28.3 Å². The van der Waals surface area contributed by atoms with E-state index in [-0.39, 0.29) is 0 Å². The zero-order chi connectivity index (χ0) is 23.5. The maximum Gasteiger partial charge on any atom is 0.407 e. The Balaban J connectivity index is 1.86. The average Bonchev–Trinajstić information content (AvgIpc) is 3.17. The van der Waals surface area contributed by atoms with Crippen molar-refractivity contribution in [3.8, 4) is 22.7 Å². The molecule has 0 aliphatic heterocycles. The van der Waals surface area contributed by atoms with Crippen LogP contribution in [0.15, 0.2) is 54.6 Å². The normalized spacial score (nSPS) is 11.8. The van der Waals surface area contributed by atoms with E-state index in [1.807, 2.05) is 75.4 Å². The minimum Gasteiger partial charge on any atom is -0.497 e. The second kappa shape index (κ2) is 9.04. The molecule has 32 heavy (non-hydrogen) atoms. The number of nitrogens with zero attached hydrogens (tertiary/aromatic N) is 2. The van der Waals surface area contributed by atoms with Gasteiger partial charge in [0.05, 0.1) is 24.2 Å². The van der Waals surface area contributed by atoms with Gasteiger partial charge in [-0.2, -0.15) is 5.10 Å². The van der Waals surface area contributed by atoms with Gasteiger partial charge in [-0.15, -0.1) is 0 Å². The van der Waals surface area contributed by atoms with E-state index in [1.54, 1.807) is 25.6 Å². The third kappa shape index (κ3) is 5.88. The lowest BCUT2D eigenvalue weighted by Gasteiger charge is -2.19. The summed E-state index contributed by atoms with van der Waals surface area (Å²) in [6.07, 6.45) is -0.450. The summed E-state index contributed by atoms with van der Waals surface area (Å²) >= 11 is 0. The molecule has 0 aliphatic carbocycles. The van der Waals surface area contributed by atoms with Crippen LogP contribution in [-0.4, -0.2) is 33.7 Å². The molecule has 0 aliphatic rings. The molecule has 3 aromatic rings. The molecule has 1 amide bonds. The number of amides is 1. The summed E-state index contributed by atoms with van der Waals surface area (Å²) in [6.45, 7) is 9.27. The van der Waals surface area contributed by atoms with E-state index in [0.29, 0.717) is 12.2 Å². The standard InChI is InChI=1S/C25H31N3O4/c1-24(2,3)32-23(29)26-16-17-7-9-18(10-8-17)21-15-22(25(4,5)30)27-28(21)19-11-13-20(31-6)14-12-19/h7-15,30H,16H2,1-6H3,(H,26,29). The Morgan fingerprint density at radius 2 is 1.66 bits per heavy atom. The van der Waals surface area contributed by atoms with Crippen LogP contribution in [0.3, 0.4) is 0 Å². The Labute approximate surface area is 189 Å². The fraction of sp³-hybridized carbons (Fsp3) is 0.360. The van der Waals surface area contributed by atoms with Gasteiger partial charge in [-0.05, 0) is 70.5 Å². The van der Waals surface area contributed by atoms with Gasteiger partial charge in [0.1, 0.15) is 17.0 Å². The lowest BCUT2D eigenvalue weighted by molar-refractivity contribution is 0.0523. The number of alkyl carbamates (subject to hydrolysis) is 1. The number of benzene rings is 2. The third-order valence-electron chi connectivity index (χ3n) is 4.74. The number of methoxy groups -OCH3 is 1. The average molecular weight is 438 g/mol.